The molecule has 2 aliphatic rings. The minimum absolute atomic E-state index is 0. The summed E-state index contributed by atoms with van der Waals surface area (Å²) in [5, 5.41) is 6.92. The monoisotopic (exact) mass is 518 g/mol. The number of fused-ring (bicyclic) bond motifs is 2. The molecule has 1 saturated heterocycles. The lowest BCUT2D eigenvalue weighted by atomic mass is 10.2. The zero-order valence-corrected chi connectivity index (χ0v) is 21.3. The SMILES string of the molecule is COc1ccc2nccc(N3CCC(SCCNCc4ccc5c(n4)NC(=O)CS5)C3)c2n1.Cl. The van der Waals surface area contributed by atoms with Crippen molar-refractivity contribution < 1.29 is 9.53 Å². The summed E-state index contributed by atoms with van der Waals surface area (Å²) >= 11 is 3.54. The summed E-state index contributed by atoms with van der Waals surface area (Å²) in [6, 6.07) is 9.93. The number of aromatic nitrogens is 3. The summed E-state index contributed by atoms with van der Waals surface area (Å²) in [6.07, 6.45) is 3.01. The predicted molar refractivity (Wildman–Crippen MR) is 142 cm³/mol. The zero-order chi connectivity index (χ0) is 22.6. The van der Waals surface area contributed by atoms with Crippen molar-refractivity contribution in [3.8, 4) is 5.88 Å². The van der Waals surface area contributed by atoms with Crippen molar-refractivity contribution in [2.45, 2.75) is 23.1 Å². The van der Waals surface area contributed by atoms with E-state index in [2.05, 4.69) is 36.6 Å². The Labute approximate surface area is 213 Å². The molecule has 34 heavy (non-hydrogen) atoms. The molecule has 3 aromatic rings. The van der Waals surface area contributed by atoms with Crippen LogP contribution in [-0.4, -0.2) is 64.4 Å². The number of hydrogen-bond acceptors (Lipinski definition) is 9. The van der Waals surface area contributed by atoms with Gasteiger partial charge < -0.3 is 20.3 Å². The number of ether oxygens (including phenoxy) is 1. The normalized spacial score (nSPS) is 17.3. The van der Waals surface area contributed by atoms with Gasteiger partial charge in [-0.1, -0.05) is 0 Å². The van der Waals surface area contributed by atoms with Crippen LogP contribution in [0.4, 0.5) is 11.5 Å². The lowest BCUT2D eigenvalue weighted by molar-refractivity contribution is -0.113. The summed E-state index contributed by atoms with van der Waals surface area (Å²) < 4.78 is 5.31. The molecule has 180 valence electrons. The molecule has 1 amide bonds. The van der Waals surface area contributed by atoms with Crippen LogP contribution in [0.5, 0.6) is 5.88 Å². The number of hydrogen-bond donors (Lipinski definition) is 2. The van der Waals surface area contributed by atoms with E-state index < -0.39 is 0 Å². The molecule has 11 heteroatoms. The summed E-state index contributed by atoms with van der Waals surface area (Å²) in [5.41, 5.74) is 3.86. The number of methoxy groups -OCH3 is 1. The third-order valence-electron chi connectivity index (χ3n) is 5.70. The van der Waals surface area contributed by atoms with E-state index in [1.165, 1.54) is 11.8 Å². The first-order valence-electron chi connectivity index (χ1n) is 11.0. The first kappa shape index (κ1) is 24.8. The number of pyridine rings is 3. The van der Waals surface area contributed by atoms with Gasteiger partial charge in [0.1, 0.15) is 11.3 Å². The van der Waals surface area contributed by atoms with Gasteiger partial charge in [-0.2, -0.15) is 11.8 Å². The van der Waals surface area contributed by atoms with Gasteiger partial charge in [0, 0.05) is 49.4 Å². The summed E-state index contributed by atoms with van der Waals surface area (Å²) in [6.45, 7) is 3.64. The molecule has 1 fully saturated rings. The average Bonchev–Trinajstić information content (AvgIpc) is 3.31. The molecule has 1 atom stereocenters. The highest BCUT2D eigenvalue weighted by molar-refractivity contribution is 8.00. The van der Waals surface area contributed by atoms with Crippen molar-refractivity contribution in [2.75, 3.05) is 48.5 Å². The zero-order valence-electron chi connectivity index (χ0n) is 18.8. The lowest BCUT2D eigenvalue weighted by Gasteiger charge is -2.20. The number of carbonyl (C=O) groups is 1. The highest BCUT2D eigenvalue weighted by Gasteiger charge is 2.25. The number of halogens is 1. The van der Waals surface area contributed by atoms with Crippen LogP contribution >= 0.6 is 35.9 Å². The molecule has 0 aromatic carbocycles. The second kappa shape index (κ2) is 11.4. The van der Waals surface area contributed by atoms with Crippen LogP contribution in [0.1, 0.15) is 12.1 Å². The third-order valence-corrected chi connectivity index (χ3v) is 8.05. The molecule has 0 saturated carbocycles. The predicted octanol–water partition coefficient (Wildman–Crippen LogP) is 3.60. The van der Waals surface area contributed by atoms with Gasteiger partial charge in [0.05, 0.1) is 34.7 Å². The van der Waals surface area contributed by atoms with Gasteiger partial charge in [-0.3, -0.25) is 9.78 Å². The van der Waals surface area contributed by atoms with E-state index in [4.69, 9.17) is 4.74 Å². The first-order chi connectivity index (χ1) is 16.2. The average molecular weight is 519 g/mol. The fourth-order valence-electron chi connectivity index (χ4n) is 4.06. The van der Waals surface area contributed by atoms with Gasteiger partial charge >= 0.3 is 0 Å². The second-order valence-electron chi connectivity index (χ2n) is 7.94. The van der Waals surface area contributed by atoms with E-state index in [0.717, 1.165) is 59.1 Å². The highest BCUT2D eigenvalue weighted by Crippen LogP contribution is 2.32. The quantitative estimate of drug-likeness (QED) is 0.434. The molecule has 2 N–H and O–H groups in total. The molecule has 0 spiro atoms. The molecule has 1 unspecified atom stereocenters. The number of carbonyl (C=O) groups excluding carboxylic acids is 1. The van der Waals surface area contributed by atoms with E-state index in [9.17, 15) is 4.79 Å². The number of nitrogens with one attached hydrogen (secondary N) is 2. The van der Waals surface area contributed by atoms with Crippen LogP contribution in [0, 0.1) is 0 Å². The van der Waals surface area contributed by atoms with Gasteiger partial charge in [0.25, 0.3) is 0 Å². The molecule has 8 nitrogen and oxygen atoms in total. The molecule has 0 bridgehead atoms. The van der Waals surface area contributed by atoms with Crippen molar-refractivity contribution in [3.05, 3.63) is 42.2 Å². The summed E-state index contributed by atoms with van der Waals surface area (Å²) in [5.74, 6) is 2.82. The van der Waals surface area contributed by atoms with Crippen molar-refractivity contribution in [1.29, 1.82) is 0 Å². The lowest BCUT2D eigenvalue weighted by Crippen LogP contribution is -2.23. The summed E-state index contributed by atoms with van der Waals surface area (Å²) in [7, 11) is 1.64. The number of thioether (sulfide) groups is 2. The molecule has 2 aliphatic heterocycles. The topological polar surface area (TPSA) is 92.3 Å². The molecule has 5 heterocycles. The van der Waals surface area contributed by atoms with Gasteiger partial charge in [-0.25, -0.2) is 9.97 Å². The Hall–Kier alpha value is -2.27. The van der Waals surface area contributed by atoms with Crippen LogP contribution in [0.3, 0.4) is 0 Å². The van der Waals surface area contributed by atoms with Gasteiger partial charge in [-0.05, 0) is 30.7 Å². The van der Waals surface area contributed by atoms with Crippen molar-refractivity contribution in [3.63, 3.8) is 0 Å². The number of rotatable bonds is 8. The van der Waals surface area contributed by atoms with Crippen molar-refractivity contribution in [2.24, 2.45) is 0 Å². The Bertz CT molecular complexity index is 1170. The number of nitrogens with zero attached hydrogens (tertiary/aromatic N) is 4. The van der Waals surface area contributed by atoms with Crippen LogP contribution in [0.25, 0.3) is 11.0 Å². The van der Waals surface area contributed by atoms with Crippen LogP contribution in [0.2, 0.25) is 0 Å². The maximum atomic E-state index is 11.6. The Balaban J connectivity index is 0.00000274. The second-order valence-corrected chi connectivity index (χ2v) is 10.4. The van der Waals surface area contributed by atoms with E-state index in [-0.39, 0.29) is 18.3 Å². The first-order valence-corrected chi connectivity index (χ1v) is 13.0. The van der Waals surface area contributed by atoms with Crippen LogP contribution in [-0.2, 0) is 11.3 Å². The Morgan fingerprint density at radius 3 is 3.06 bits per heavy atom. The third kappa shape index (κ3) is 5.68. The molecule has 3 aromatic heterocycles. The fraction of sp³-hybridized carbons (Fsp3) is 0.391. The molecular weight excluding hydrogens is 492 g/mol. The van der Waals surface area contributed by atoms with E-state index in [1.54, 1.807) is 7.11 Å². The van der Waals surface area contributed by atoms with Gasteiger partial charge in [0.2, 0.25) is 11.8 Å². The van der Waals surface area contributed by atoms with Gasteiger partial charge in [0.15, 0.2) is 0 Å². The maximum Gasteiger partial charge on any atom is 0.235 e. The van der Waals surface area contributed by atoms with Crippen LogP contribution in [0.15, 0.2) is 41.4 Å². The fourth-order valence-corrected chi connectivity index (χ4v) is 5.97. The van der Waals surface area contributed by atoms with Crippen LogP contribution < -0.4 is 20.3 Å². The molecular formula is C23H27ClN6O2S2. The molecule has 0 aliphatic carbocycles. The largest absolute Gasteiger partial charge is 0.481 e. The minimum atomic E-state index is 0. The van der Waals surface area contributed by atoms with Crippen molar-refractivity contribution >= 4 is 64.4 Å². The molecule has 5 rings (SSSR count). The standard InChI is InChI=1S/C23H26N6O2S2.ClH/c1-31-21-5-3-17-22(28-21)18(6-8-25-17)29-10-7-16(13-29)32-11-9-24-12-15-2-4-19-23(26-15)27-20(30)14-33-19;/h2-6,8,16,24H,7,9-14H2,1H3,(H,26,27,30);1H. The van der Waals surface area contributed by atoms with Crippen molar-refractivity contribution in [1.82, 2.24) is 20.3 Å². The number of amides is 1. The Morgan fingerprint density at radius 1 is 1.26 bits per heavy atom. The Kier molecular flexibility index (Phi) is 8.36. The smallest absolute Gasteiger partial charge is 0.235 e. The van der Waals surface area contributed by atoms with E-state index in [1.807, 2.05) is 42.2 Å². The Morgan fingerprint density at radius 2 is 2.18 bits per heavy atom. The van der Waals surface area contributed by atoms with E-state index in [0.29, 0.717) is 29.2 Å². The van der Waals surface area contributed by atoms with E-state index >= 15 is 0 Å². The number of anilines is 2. The summed E-state index contributed by atoms with van der Waals surface area (Å²) in [4.78, 5) is 28.7. The minimum Gasteiger partial charge on any atom is -0.481 e. The highest BCUT2D eigenvalue weighted by atomic mass is 35.5. The molecule has 0 radical (unpaired) electrons. The van der Waals surface area contributed by atoms with Gasteiger partial charge in [-0.15, -0.1) is 24.2 Å². The maximum absolute atomic E-state index is 11.6.